The van der Waals surface area contributed by atoms with Gasteiger partial charge in [0.25, 0.3) is 0 Å². The van der Waals surface area contributed by atoms with E-state index >= 15 is 0 Å². The van der Waals surface area contributed by atoms with Crippen LogP contribution in [0.2, 0.25) is 0 Å². The summed E-state index contributed by atoms with van der Waals surface area (Å²) < 4.78 is 0. The Morgan fingerprint density at radius 2 is 2.11 bits per heavy atom. The molecule has 18 heavy (non-hydrogen) atoms. The Bertz CT molecular complexity index is 458. The average Bonchev–Trinajstić information content (AvgIpc) is 2.30. The fourth-order valence-electron chi connectivity index (χ4n) is 1.65. The Kier molecular flexibility index (Phi) is 4.85. The number of nitrogens with two attached hydrogens (primary N) is 1. The fraction of sp³-hybridized carbons (Fsp3) is 0.385. The zero-order chi connectivity index (χ0) is 13.7. The highest BCUT2D eigenvalue weighted by Gasteiger charge is 2.17. The lowest BCUT2D eigenvalue weighted by atomic mass is 10.1. The van der Waals surface area contributed by atoms with Crippen LogP contribution in [0.3, 0.4) is 0 Å². The molecule has 1 unspecified atom stereocenters. The van der Waals surface area contributed by atoms with Crippen molar-refractivity contribution in [2.45, 2.75) is 32.7 Å². The van der Waals surface area contributed by atoms with Crippen LogP contribution in [0.1, 0.15) is 24.5 Å². The zero-order valence-electron chi connectivity index (χ0n) is 10.6. The predicted octanol–water partition coefficient (Wildman–Crippen LogP) is 1.30. The molecule has 0 spiro atoms. The highest BCUT2D eigenvalue weighted by molar-refractivity contribution is 5.96. The van der Waals surface area contributed by atoms with E-state index in [0.29, 0.717) is 5.69 Å². The van der Waals surface area contributed by atoms with Crippen LogP contribution >= 0.6 is 0 Å². The van der Waals surface area contributed by atoms with Crippen molar-refractivity contribution in [2.24, 2.45) is 5.73 Å². The lowest BCUT2D eigenvalue weighted by Crippen LogP contribution is -2.37. The number of carbonyl (C=O) groups excluding carboxylic acids is 1. The molecule has 5 heteroatoms. The lowest BCUT2D eigenvalue weighted by molar-refractivity contribution is -0.138. The number of hydrogen-bond donors (Lipinski definition) is 3. The molecule has 0 aliphatic heterocycles. The van der Waals surface area contributed by atoms with E-state index in [-0.39, 0.29) is 6.42 Å². The second kappa shape index (κ2) is 6.16. The van der Waals surface area contributed by atoms with Gasteiger partial charge in [-0.25, -0.2) is 0 Å². The van der Waals surface area contributed by atoms with Crippen LogP contribution in [-0.2, 0) is 16.0 Å². The maximum atomic E-state index is 11.6. The van der Waals surface area contributed by atoms with Crippen molar-refractivity contribution in [2.75, 3.05) is 5.32 Å². The van der Waals surface area contributed by atoms with E-state index in [1.807, 2.05) is 26.0 Å². The summed E-state index contributed by atoms with van der Waals surface area (Å²) in [6, 6.07) is 4.53. The SMILES string of the molecule is CCc1cc(NC(=O)C(N)CC(=O)O)ccc1C. The summed E-state index contributed by atoms with van der Waals surface area (Å²) in [6.07, 6.45) is 0.495. The minimum absolute atomic E-state index is 0.377. The third kappa shape index (κ3) is 3.85. The highest BCUT2D eigenvalue weighted by atomic mass is 16.4. The molecule has 1 rings (SSSR count). The van der Waals surface area contributed by atoms with Crippen LogP contribution in [0.5, 0.6) is 0 Å². The molecule has 0 aromatic heterocycles. The van der Waals surface area contributed by atoms with Crippen molar-refractivity contribution in [3.8, 4) is 0 Å². The molecule has 0 aliphatic rings. The summed E-state index contributed by atoms with van der Waals surface area (Å²) in [6.45, 7) is 4.03. The number of carboxylic acid groups (broad SMARTS) is 1. The highest BCUT2D eigenvalue weighted by Crippen LogP contribution is 2.16. The first-order valence-electron chi connectivity index (χ1n) is 5.81. The number of hydrogen-bond acceptors (Lipinski definition) is 3. The van der Waals surface area contributed by atoms with Gasteiger partial charge in [0.2, 0.25) is 5.91 Å². The van der Waals surface area contributed by atoms with Crippen molar-refractivity contribution < 1.29 is 14.7 Å². The average molecular weight is 250 g/mol. The molecule has 5 nitrogen and oxygen atoms in total. The second-order valence-electron chi connectivity index (χ2n) is 4.19. The molecule has 0 fully saturated rings. The number of anilines is 1. The first kappa shape index (κ1) is 14.2. The van der Waals surface area contributed by atoms with E-state index in [9.17, 15) is 9.59 Å². The molecule has 0 saturated heterocycles. The number of carbonyl (C=O) groups is 2. The number of aliphatic carboxylic acids is 1. The van der Waals surface area contributed by atoms with E-state index in [1.54, 1.807) is 6.07 Å². The van der Waals surface area contributed by atoms with Gasteiger partial charge >= 0.3 is 5.97 Å². The third-order valence-electron chi connectivity index (χ3n) is 2.73. The van der Waals surface area contributed by atoms with Gasteiger partial charge in [-0.3, -0.25) is 9.59 Å². The molecule has 98 valence electrons. The quantitative estimate of drug-likeness (QED) is 0.734. The maximum Gasteiger partial charge on any atom is 0.305 e. The second-order valence-corrected chi connectivity index (χ2v) is 4.19. The molecule has 0 saturated carbocycles. The third-order valence-corrected chi connectivity index (χ3v) is 2.73. The Labute approximate surface area is 106 Å². The molecular weight excluding hydrogens is 232 g/mol. The van der Waals surface area contributed by atoms with Gasteiger partial charge in [0.15, 0.2) is 0 Å². The van der Waals surface area contributed by atoms with Crippen LogP contribution in [0.4, 0.5) is 5.69 Å². The van der Waals surface area contributed by atoms with Gasteiger partial charge in [0, 0.05) is 5.69 Å². The molecule has 1 atom stereocenters. The van der Waals surface area contributed by atoms with Crippen molar-refractivity contribution in [1.82, 2.24) is 0 Å². The Morgan fingerprint density at radius 3 is 2.67 bits per heavy atom. The van der Waals surface area contributed by atoms with Crippen LogP contribution < -0.4 is 11.1 Å². The molecule has 1 amide bonds. The summed E-state index contributed by atoms with van der Waals surface area (Å²) in [7, 11) is 0. The van der Waals surface area contributed by atoms with E-state index in [1.165, 1.54) is 0 Å². The summed E-state index contributed by atoms with van der Waals surface area (Å²) in [4.78, 5) is 22.1. The largest absolute Gasteiger partial charge is 0.481 e. The molecule has 0 aliphatic carbocycles. The predicted molar refractivity (Wildman–Crippen MR) is 69.4 cm³/mol. The first-order valence-corrected chi connectivity index (χ1v) is 5.81. The Balaban J connectivity index is 2.72. The van der Waals surface area contributed by atoms with Crippen LogP contribution in [0.25, 0.3) is 0 Å². The summed E-state index contributed by atoms with van der Waals surface area (Å²) in [5.41, 5.74) is 8.41. The fourth-order valence-corrected chi connectivity index (χ4v) is 1.65. The number of rotatable bonds is 5. The normalized spacial score (nSPS) is 11.9. The molecule has 1 aromatic rings. The van der Waals surface area contributed by atoms with Gasteiger partial charge in [-0.15, -0.1) is 0 Å². The van der Waals surface area contributed by atoms with E-state index in [2.05, 4.69) is 5.32 Å². The van der Waals surface area contributed by atoms with E-state index in [4.69, 9.17) is 10.8 Å². The number of benzene rings is 1. The van der Waals surface area contributed by atoms with Crippen molar-refractivity contribution in [1.29, 1.82) is 0 Å². The molecule has 4 N–H and O–H groups in total. The summed E-state index contributed by atoms with van der Waals surface area (Å²) >= 11 is 0. The smallest absolute Gasteiger partial charge is 0.305 e. The van der Waals surface area contributed by atoms with Gasteiger partial charge in [-0.1, -0.05) is 13.0 Å². The van der Waals surface area contributed by atoms with Gasteiger partial charge in [0.1, 0.15) is 0 Å². The van der Waals surface area contributed by atoms with Gasteiger partial charge in [-0.2, -0.15) is 0 Å². The van der Waals surface area contributed by atoms with Crippen molar-refractivity contribution in [3.63, 3.8) is 0 Å². The minimum atomic E-state index is -1.09. The zero-order valence-corrected chi connectivity index (χ0v) is 10.6. The number of carboxylic acids is 1. The van der Waals surface area contributed by atoms with Crippen molar-refractivity contribution in [3.05, 3.63) is 29.3 Å². The van der Waals surface area contributed by atoms with Crippen LogP contribution in [-0.4, -0.2) is 23.0 Å². The van der Waals surface area contributed by atoms with E-state index in [0.717, 1.165) is 17.5 Å². The van der Waals surface area contributed by atoms with Crippen molar-refractivity contribution >= 4 is 17.6 Å². The number of nitrogens with one attached hydrogen (secondary N) is 1. The summed E-state index contributed by atoms with van der Waals surface area (Å²) in [5.74, 6) is -1.57. The molecule has 1 aromatic carbocycles. The van der Waals surface area contributed by atoms with Gasteiger partial charge in [-0.05, 0) is 36.6 Å². The number of aryl methyl sites for hydroxylation is 2. The van der Waals surface area contributed by atoms with Crippen LogP contribution in [0, 0.1) is 6.92 Å². The Morgan fingerprint density at radius 1 is 1.44 bits per heavy atom. The summed E-state index contributed by atoms with van der Waals surface area (Å²) in [5, 5.41) is 11.2. The monoisotopic (exact) mass is 250 g/mol. The van der Waals surface area contributed by atoms with E-state index < -0.39 is 17.9 Å². The topological polar surface area (TPSA) is 92.4 Å². The molecule has 0 bridgehead atoms. The molecule has 0 radical (unpaired) electrons. The van der Waals surface area contributed by atoms with Crippen LogP contribution in [0.15, 0.2) is 18.2 Å². The lowest BCUT2D eigenvalue weighted by Gasteiger charge is -2.12. The number of amides is 1. The standard InChI is InChI=1S/C13H18N2O3/c1-3-9-6-10(5-4-8(9)2)15-13(18)11(14)7-12(16)17/h4-6,11H,3,7,14H2,1-2H3,(H,15,18)(H,16,17). The first-order chi connectivity index (χ1) is 8.43. The molecule has 0 heterocycles. The Hall–Kier alpha value is -1.88. The molecular formula is C13H18N2O3. The minimum Gasteiger partial charge on any atom is -0.481 e. The maximum absolute atomic E-state index is 11.6. The van der Waals surface area contributed by atoms with Gasteiger partial charge < -0.3 is 16.2 Å². The van der Waals surface area contributed by atoms with Gasteiger partial charge in [0.05, 0.1) is 12.5 Å².